The summed E-state index contributed by atoms with van der Waals surface area (Å²) in [4.78, 5) is 11.8. The van der Waals surface area contributed by atoms with E-state index < -0.39 is 5.54 Å². The number of aryl methyl sites for hydroxylation is 1. The highest BCUT2D eigenvalue weighted by atomic mass is 35.5. The van der Waals surface area contributed by atoms with E-state index in [1.165, 1.54) is 12.8 Å². The monoisotopic (exact) mass is 318 g/mol. The van der Waals surface area contributed by atoms with Crippen molar-refractivity contribution < 1.29 is 9.53 Å². The number of amides is 1. The Kier molecular flexibility index (Phi) is 4.26. The van der Waals surface area contributed by atoms with E-state index in [4.69, 9.17) is 21.6 Å². The number of rotatable bonds is 7. The lowest BCUT2D eigenvalue weighted by Crippen LogP contribution is -2.35. The summed E-state index contributed by atoms with van der Waals surface area (Å²) < 4.78 is 5.68. The fourth-order valence-corrected chi connectivity index (χ4v) is 2.54. The molecule has 2 fully saturated rings. The molecule has 0 spiro atoms. The molecule has 3 rings (SSSR count). The molecule has 2 aliphatic rings. The zero-order chi connectivity index (χ0) is 15.6. The number of hydrogen-bond acceptors (Lipinski definition) is 3. The largest absolute Gasteiger partial charge is 0.492 e. The van der Waals surface area contributed by atoms with Crippen molar-refractivity contribution in [1.29, 1.82) is 5.26 Å². The second kappa shape index (κ2) is 6.18. The van der Waals surface area contributed by atoms with Crippen LogP contribution in [0.2, 0.25) is 5.02 Å². The first-order valence-electron chi connectivity index (χ1n) is 7.74. The summed E-state index contributed by atoms with van der Waals surface area (Å²) in [6.07, 6.45) is 4.98. The zero-order valence-corrected chi connectivity index (χ0v) is 13.2. The number of hydrogen-bond donors (Lipinski definition) is 1. The quantitative estimate of drug-likeness (QED) is 0.839. The molecule has 0 atom stereocenters. The number of nitrogens with one attached hydrogen (secondary N) is 1. The Morgan fingerprint density at radius 3 is 2.82 bits per heavy atom. The fraction of sp³-hybridized carbons (Fsp3) is 0.529. The molecule has 0 radical (unpaired) electrons. The van der Waals surface area contributed by atoms with Crippen LogP contribution < -0.4 is 10.1 Å². The number of halogens is 1. The van der Waals surface area contributed by atoms with E-state index in [1.54, 1.807) is 0 Å². The number of nitrogens with zero attached hydrogens (tertiary/aromatic N) is 1. The maximum atomic E-state index is 11.8. The van der Waals surface area contributed by atoms with Crippen molar-refractivity contribution >= 4 is 17.5 Å². The molecule has 0 aromatic heterocycles. The molecule has 5 heteroatoms. The van der Waals surface area contributed by atoms with Crippen molar-refractivity contribution in [1.82, 2.24) is 5.32 Å². The Balaban J connectivity index is 1.48. The minimum atomic E-state index is -0.588. The molecule has 0 bridgehead atoms. The highest BCUT2D eigenvalue weighted by molar-refractivity contribution is 6.32. The summed E-state index contributed by atoms with van der Waals surface area (Å²) in [5.41, 5.74) is 0.413. The predicted molar refractivity (Wildman–Crippen MR) is 83.7 cm³/mol. The normalized spacial score (nSPS) is 18.4. The third-order valence-corrected chi connectivity index (χ3v) is 4.45. The molecule has 22 heavy (non-hydrogen) atoms. The van der Waals surface area contributed by atoms with Crippen molar-refractivity contribution in [2.75, 3.05) is 6.61 Å². The summed E-state index contributed by atoms with van der Waals surface area (Å²) >= 11 is 6.22. The van der Waals surface area contributed by atoms with Crippen LogP contribution >= 0.6 is 11.6 Å². The van der Waals surface area contributed by atoms with Crippen molar-refractivity contribution in [2.24, 2.45) is 5.92 Å². The topological polar surface area (TPSA) is 62.1 Å². The third-order valence-electron chi connectivity index (χ3n) is 4.15. The van der Waals surface area contributed by atoms with Gasteiger partial charge in [-0.25, -0.2) is 0 Å². The van der Waals surface area contributed by atoms with Crippen molar-refractivity contribution in [3.8, 4) is 11.8 Å². The van der Waals surface area contributed by atoms with Crippen molar-refractivity contribution in [3.05, 3.63) is 28.8 Å². The van der Waals surface area contributed by atoms with Crippen LogP contribution in [0.15, 0.2) is 18.2 Å². The smallest absolute Gasteiger partial charge is 0.221 e. The minimum Gasteiger partial charge on any atom is -0.492 e. The summed E-state index contributed by atoms with van der Waals surface area (Å²) in [6.45, 7) is 0.734. The Morgan fingerprint density at radius 2 is 2.23 bits per heavy atom. The molecule has 2 aliphatic carbocycles. The standard InChI is InChI=1S/C17H19ClN2O2/c18-14-9-12(3-5-15(14)22-10-13-1-2-13)4-6-16(21)20-17(11-19)7-8-17/h3,5,9,13H,1-2,4,6-8,10H2,(H,20,21). The van der Waals surface area contributed by atoms with Gasteiger partial charge in [0.2, 0.25) is 5.91 Å². The average molecular weight is 319 g/mol. The molecular formula is C17H19ClN2O2. The summed E-state index contributed by atoms with van der Waals surface area (Å²) in [5, 5.41) is 12.3. The fourth-order valence-electron chi connectivity index (χ4n) is 2.29. The van der Waals surface area contributed by atoms with Crippen LogP contribution in [0.1, 0.15) is 37.7 Å². The Hall–Kier alpha value is -1.73. The van der Waals surface area contributed by atoms with Gasteiger partial charge in [0.15, 0.2) is 0 Å². The average Bonchev–Trinajstić information content (AvgIpc) is 3.40. The van der Waals surface area contributed by atoms with Gasteiger partial charge in [-0.15, -0.1) is 0 Å². The van der Waals surface area contributed by atoms with Crippen LogP contribution in [0.4, 0.5) is 0 Å². The van der Waals surface area contributed by atoms with E-state index in [1.807, 2.05) is 18.2 Å². The number of carbonyl (C=O) groups excluding carboxylic acids is 1. The van der Waals surface area contributed by atoms with E-state index in [9.17, 15) is 4.79 Å². The van der Waals surface area contributed by atoms with Gasteiger partial charge in [0.25, 0.3) is 0 Å². The summed E-state index contributed by atoms with van der Waals surface area (Å²) in [6, 6.07) is 7.83. The molecule has 4 nitrogen and oxygen atoms in total. The maximum Gasteiger partial charge on any atom is 0.221 e. The first-order valence-corrected chi connectivity index (χ1v) is 8.11. The van der Waals surface area contributed by atoms with Gasteiger partial charge in [-0.3, -0.25) is 4.79 Å². The first kappa shape index (κ1) is 15.2. The lowest BCUT2D eigenvalue weighted by atomic mass is 10.1. The highest BCUT2D eigenvalue weighted by Crippen LogP contribution is 2.34. The SMILES string of the molecule is N#CC1(NC(=O)CCc2ccc(OCC3CC3)c(Cl)c2)CC1. The van der Waals surface area contributed by atoms with E-state index in [0.717, 1.165) is 25.0 Å². The predicted octanol–water partition coefficient (Wildman–Crippen LogP) is 3.23. The van der Waals surface area contributed by atoms with Gasteiger partial charge in [-0.2, -0.15) is 5.26 Å². The van der Waals surface area contributed by atoms with Gasteiger partial charge in [0, 0.05) is 6.42 Å². The molecule has 116 valence electrons. The van der Waals surface area contributed by atoms with Gasteiger partial charge >= 0.3 is 0 Å². The molecule has 1 N–H and O–H groups in total. The molecule has 0 unspecified atom stereocenters. The lowest BCUT2D eigenvalue weighted by molar-refractivity contribution is -0.121. The zero-order valence-electron chi connectivity index (χ0n) is 12.4. The van der Waals surface area contributed by atoms with Gasteiger partial charge in [-0.1, -0.05) is 17.7 Å². The molecule has 0 aliphatic heterocycles. The van der Waals surface area contributed by atoms with E-state index in [2.05, 4.69) is 11.4 Å². The van der Waals surface area contributed by atoms with Crippen molar-refractivity contribution in [2.45, 2.75) is 44.1 Å². The Bertz CT molecular complexity index is 616. The molecule has 1 amide bonds. The molecule has 2 saturated carbocycles. The van der Waals surface area contributed by atoms with Crippen LogP contribution in [0, 0.1) is 17.2 Å². The number of nitriles is 1. The van der Waals surface area contributed by atoms with Crippen LogP contribution in [0.25, 0.3) is 0 Å². The molecule has 0 saturated heterocycles. The second-order valence-corrected chi connectivity index (χ2v) is 6.67. The Labute approximate surface area is 135 Å². The molecular weight excluding hydrogens is 300 g/mol. The van der Waals surface area contributed by atoms with Crippen LogP contribution in [0.5, 0.6) is 5.75 Å². The van der Waals surface area contributed by atoms with Gasteiger partial charge < -0.3 is 10.1 Å². The molecule has 1 aromatic rings. The molecule has 0 heterocycles. The van der Waals surface area contributed by atoms with Gasteiger partial charge in [0.1, 0.15) is 11.3 Å². The lowest BCUT2D eigenvalue weighted by Gasteiger charge is -2.10. The minimum absolute atomic E-state index is 0.0794. The first-order chi connectivity index (χ1) is 10.6. The van der Waals surface area contributed by atoms with Crippen molar-refractivity contribution in [3.63, 3.8) is 0 Å². The second-order valence-electron chi connectivity index (χ2n) is 6.26. The number of ether oxygens (including phenoxy) is 1. The highest BCUT2D eigenvalue weighted by Gasteiger charge is 2.44. The van der Waals surface area contributed by atoms with Crippen LogP contribution in [0.3, 0.4) is 0 Å². The third kappa shape index (κ3) is 3.92. The van der Waals surface area contributed by atoms with E-state index >= 15 is 0 Å². The number of benzene rings is 1. The molecule has 1 aromatic carbocycles. The summed E-state index contributed by atoms with van der Waals surface area (Å²) in [5.74, 6) is 1.32. The Morgan fingerprint density at radius 1 is 1.45 bits per heavy atom. The van der Waals surface area contributed by atoms with Gasteiger partial charge in [0.05, 0.1) is 17.7 Å². The number of carbonyl (C=O) groups is 1. The van der Waals surface area contributed by atoms with E-state index in [-0.39, 0.29) is 5.91 Å². The van der Waals surface area contributed by atoms with Crippen LogP contribution in [-0.4, -0.2) is 18.1 Å². The summed E-state index contributed by atoms with van der Waals surface area (Å²) in [7, 11) is 0. The van der Waals surface area contributed by atoms with E-state index in [0.29, 0.717) is 29.5 Å². The van der Waals surface area contributed by atoms with Crippen LogP contribution in [-0.2, 0) is 11.2 Å². The maximum absolute atomic E-state index is 11.8. The van der Waals surface area contributed by atoms with Gasteiger partial charge in [-0.05, 0) is 55.7 Å².